The third-order valence-electron chi connectivity index (χ3n) is 16.1. The van der Waals surface area contributed by atoms with Crippen LogP contribution in [0.25, 0.3) is 0 Å². The fourth-order valence-electron chi connectivity index (χ4n) is 10.6. The number of ether oxygens (including phenoxy) is 8. The fraction of sp³-hybridized carbons (Fsp3) is 0.500. The minimum absolute atomic E-state index is 0.0175. The number of aliphatic hydroxyl groups is 3. The Morgan fingerprint density at radius 3 is 1.63 bits per heavy atom. The minimum atomic E-state index is -1.06. The van der Waals surface area contributed by atoms with E-state index in [0.29, 0.717) is 41.4 Å². The number of nitrogen functional groups attached to an aromatic ring is 1. The monoisotopic (exact) mass is 1850 g/mol. The number of aliphatic hydroxyl groups excluding tert-OH is 3. The summed E-state index contributed by atoms with van der Waals surface area (Å²) in [5.74, 6) is 7.21. The summed E-state index contributed by atoms with van der Waals surface area (Å²) in [4.78, 5) is 82.9. The van der Waals surface area contributed by atoms with Gasteiger partial charge in [-0.15, -0.1) is 17.7 Å². The van der Waals surface area contributed by atoms with Crippen molar-refractivity contribution in [1.29, 1.82) is 0 Å². The molecule has 2 amide bonds. The van der Waals surface area contributed by atoms with Crippen LogP contribution in [0.2, 0.25) is 10.3 Å². The number of hydrogen-bond acceptors (Lipinski definition) is 29. The molecule has 0 aromatic carbocycles. The van der Waals surface area contributed by atoms with Crippen LogP contribution < -0.4 is 30.7 Å². The van der Waals surface area contributed by atoms with Gasteiger partial charge >= 0.3 is 18.3 Å². The normalized spacial score (nSPS) is 17.2. The molecule has 2 aliphatic carbocycles. The number of carbonyl (C=O) groups is 4. The van der Waals surface area contributed by atoms with Crippen LogP contribution in [0.1, 0.15) is 181 Å². The molecule has 0 spiro atoms. The number of terminal acetylenes is 2. The topological polar surface area (TPSA) is 413 Å². The van der Waals surface area contributed by atoms with E-state index in [1.165, 1.54) is 6.26 Å². The number of ketones is 1. The van der Waals surface area contributed by atoms with Gasteiger partial charge in [0.1, 0.15) is 69.0 Å². The van der Waals surface area contributed by atoms with Crippen molar-refractivity contribution in [1.82, 2.24) is 39.9 Å². The van der Waals surface area contributed by atoms with Crippen LogP contribution in [-0.4, -0.2) is 171 Å². The molecule has 7 heterocycles. The molecular formula is C80H108Cl2I2N12O18. The lowest BCUT2D eigenvalue weighted by molar-refractivity contribution is -0.0367. The van der Waals surface area contributed by atoms with E-state index < -0.39 is 77.4 Å². The van der Waals surface area contributed by atoms with Crippen molar-refractivity contribution in [3.8, 4) is 47.7 Å². The average Bonchev–Trinajstić information content (AvgIpc) is 1.02. The number of pyridine rings is 4. The molecule has 30 nitrogen and oxygen atoms in total. The lowest BCUT2D eigenvalue weighted by atomic mass is 9.95. The van der Waals surface area contributed by atoms with Gasteiger partial charge in [-0.25, -0.2) is 14.4 Å². The van der Waals surface area contributed by atoms with Crippen molar-refractivity contribution in [3.63, 3.8) is 0 Å². The van der Waals surface area contributed by atoms with Crippen molar-refractivity contribution in [2.45, 2.75) is 209 Å². The Balaban J connectivity index is 0.000000381. The van der Waals surface area contributed by atoms with Gasteiger partial charge < -0.3 is 84.2 Å². The van der Waals surface area contributed by atoms with E-state index in [-0.39, 0.29) is 76.8 Å². The van der Waals surface area contributed by atoms with E-state index in [1.54, 1.807) is 132 Å². The highest BCUT2D eigenvalue weighted by Gasteiger charge is 2.45. The van der Waals surface area contributed by atoms with Gasteiger partial charge in [0, 0.05) is 58.0 Å². The smallest absolute Gasteiger partial charge is 0.506 e. The zero-order valence-electron chi connectivity index (χ0n) is 67.7. The number of rotatable bonds is 20. The SMILES string of the molecule is C#Cc1c(Cl)nc(N(C(=O)OC(C)(C)C)C(=O)OC(C)(C)C)nc1N[C@@H]1C[C@H](CC)[C@@H](C)[C@H]1OC(=O)OC(C)(C)C.C#Cc1c(Cl)nc(N)nc1N[C@@H]1C[C@H](CO)[C@@H](O)[C@H]1O.CCC(=O)c1ccco1.CCc1nccc(I)c1O.CCc1nccc(I)c1OCOC.CCc1ncccc1O.CCc1ncccc1OCOC. The molecule has 0 radical (unpaired) electrons. The van der Waals surface area contributed by atoms with Crippen LogP contribution in [0, 0.1) is 49.6 Å². The maximum atomic E-state index is 13.2. The molecule has 0 bridgehead atoms. The van der Waals surface area contributed by atoms with E-state index in [1.807, 2.05) is 52.8 Å². The maximum absolute atomic E-state index is 13.2. The molecule has 2 fully saturated rings. The number of imide groups is 1. The second-order valence-corrected chi connectivity index (χ2v) is 31.1. The summed E-state index contributed by atoms with van der Waals surface area (Å²) in [6.45, 7) is 29.4. The Morgan fingerprint density at radius 2 is 1.15 bits per heavy atom. The number of anilines is 4. The number of nitrogens with two attached hydrogens (primary N) is 1. The molecule has 8 atom stereocenters. The summed E-state index contributed by atoms with van der Waals surface area (Å²) in [6, 6.07) is 13.2. The highest BCUT2D eigenvalue weighted by Crippen LogP contribution is 2.40. The van der Waals surface area contributed by atoms with Gasteiger partial charge in [-0.3, -0.25) is 24.7 Å². The van der Waals surface area contributed by atoms with Crippen molar-refractivity contribution >= 4 is 116 Å². The van der Waals surface area contributed by atoms with E-state index >= 15 is 0 Å². The Bertz CT molecular complexity index is 4220. The molecule has 624 valence electrons. The summed E-state index contributed by atoms with van der Waals surface area (Å²) in [5.41, 5.74) is 6.70. The van der Waals surface area contributed by atoms with Gasteiger partial charge in [-0.05, 0) is 206 Å². The van der Waals surface area contributed by atoms with E-state index in [2.05, 4.69) is 121 Å². The van der Waals surface area contributed by atoms with Crippen LogP contribution in [0.3, 0.4) is 0 Å². The third kappa shape index (κ3) is 32.9. The lowest BCUT2D eigenvalue weighted by Gasteiger charge is -2.29. The second kappa shape index (κ2) is 49.3. The third-order valence-corrected chi connectivity index (χ3v) is 18.4. The zero-order valence-corrected chi connectivity index (χ0v) is 73.5. The number of methoxy groups -OCH3 is 2. The Hall–Kier alpha value is -8.72. The minimum Gasteiger partial charge on any atom is -0.506 e. The molecule has 0 unspecified atom stereocenters. The number of halogens is 4. The van der Waals surface area contributed by atoms with Crippen molar-refractivity contribution in [2.24, 2.45) is 17.8 Å². The molecule has 9 N–H and O–H groups in total. The van der Waals surface area contributed by atoms with Crippen LogP contribution in [0.15, 0.2) is 84.0 Å². The molecule has 2 saturated carbocycles. The molecule has 7 aromatic rings. The number of amides is 2. The predicted octanol–water partition coefficient (Wildman–Crippen LogP) is 15.2. The van der Waals surface area contributed by atoms with Crippen LogP contribution in [0.4, 0.5) is 37.9 Å². The zero-order chi connectivity index (χ0) is 85.8. The molecule has 7 aromatic heterocycles. The number of aromatic nitrogens is 8. The first kappa shape index (κ1) is 99.5. The van der Waals surface area contributed by atoms with Gasteiger partial charge in [0.15, 0.2) is 41.2 Å². The molecule has 0 aliphatic heterocycles. The first-order valence-electron chi connectivity index (χ1n) is 36.6. The predicted molar refractivity (Wildman–Crippen MR) is 452 cm³/mol. The van der Waals surface area contributed by atoms with Gasteiger partial charge in [-0.1, -0.05) is 89.9 Å². The summed E-state index contributed by atoms with van der Waals surface area (Å²) in [7, 11) is 3.21. The number of carbonyl (C=O) groups excluding carboxylic acids is 4. The lowest BCUT2D eigenvalue weighted by Crippen LogP contribution is -2.45. The highest BCUT2D eigenvalue weighted by atomic mass is 127. The average molecular weight is 1850 g/mol. The number of Topliss-reactive ketones (excluding diaryl/α,β-unsaturated/α-hetero) is 1. The van der Waals surface area contributed by atoms with Crippen LogP contribution >= 0.6 is 68.4 Å². The van der Waals surface area contributed by atoms with Crippen molar-refractivity contribution in [2.75, 3.05) is 55.7 Å². The number of furan rings is 1. The summed E-state index contributed by atoms with van der Waals surface area (Å²) in [6.07, 6.45) is 19.6. The quantitative estimate of drug-likeness (QED) is 0.00668. The van der Waals surface area contributed by atoms with Gasteiger partial charge in [0.25, 0.3) is 0 Å². The summed E-state index contributed by atoms with van der Waals surface area (Å²) in [5, 5.41) is 53.2. The molecule has 34 heteroatoms. The van der Waals surface area contributed by atoms with Crippen molar-refractivity contribution in [3.05, 3.63) is 137 Å². The van der Waals surface area contributed by atoms with Gasteiger partial charge in [-0.2, -0.15) is 19.9 Å². The first-order valence-corrected chi connectivity index (χ1v) is 39.5. The largest absolute Gasteiger partial charge is 0.509 e. The number of hydrogen-bond donors (Lipinski definition) is 8. The van der Waals surface area contributed by atoms with E-state index in [9.17, 15) is 34.5 Å². The van der Waals surface area contributed by atoms with Crippen LogP contribution in [-0.2, 0) is 54.1 Å². The first-order chi connectivity index (χ1) is 53.7. The number of nitrogens with one attached hydrogen (secondary N) is 2. The Morgan fingerprint density at radius 1 is 0.640 bits per heavy atom. The van der Waals surface area contributed by atoms with E-state index in [4.69, 9.17) is 94.3 Å². The Kier molecular flexibility index (Phi) is 43.0. The molecule has 0 saturated heterocycles. The molecule has 2 aliphatic rings. The van der Waals surface area contributed by atoms with Gasteiger partial charge in [0.05, 0.1) is 54.4 Å². The van der Waals surface area contributed by atoms with Crippen molar-refractivity contribution < 1.29 is 87.0 Å². The number of aryl methyl sites for hydroxylation is 4. The fourth-order valence-corrected chi connectivity index (χ4v) is 12.2. The molecule has 114 heavy (non-hydrogen) atoms. The molecule has 9 rings (SSSR count). The van der Waals surface area contributed by atoms with Gasteiger partial charge in [0.2, 0.25) is 11.9 Å². The number of nitrogens with zero attached hydrogens (tertiary/aromatic N) is 9. The van der Waals surface area contributed by atoms with E-state index in [0.717, 1.165) is 73.5 Å². The highest BCUT2D eigenvalue weighted by molar-refractivity contribution is 14.1. The Labute approximate surface area is 705 Å². The van der Waals surface area contributed by atoms with Crippen LogP contribution in [0.5, 0.6) is 23.0 Å². The second-order valence-electron chi connectivity index (χ2n) is 28.0. The standard InChI is InChI=1S/C29H43ClN4O7.C12H15ClN4O3.C9H12INO2.C9H13NO2.C7H8INO.C7H9NO.C7H8O2/c1-13-17-15-19(20(16(17)3)38-26(37)41-29(10,11)12)31-22-18(14-2)21(30)32-23(33-22)34(24(35)39-27(4,5)6)25(36)40-28(7,8)9;1-2-6-10(13)16-12(14)17-11(6)15-7-3-5(4-18)8(19)9(7)20;1-3-8-9(13-6-12-2)7(10)4-5-11-8;1-3-8-9(12-7-11-2)5-4-6-10-8;1-2-6-7(10)5(8)3-4-9-6;1-2-6-7(9)4-3-5-8-6;1-2-6(8)7-4-3-5-9-7/h2,16-17,19-20H,13,15H2,1,3-12H3,(H,31,32,33);1,5,7-9,18-20H,3-4H2,(H3,14,15,16,17);4-5H,3,6H2,1-2H3;4-6H,3,7H2,1-2H3;3-4,10H,2H2,1H3;3-5,9H,2H2,1H3;3-5H,2H2,1H3/t16-,17+,19-,20-;5-,7-,8-,9+;;;;;/m11...../s1. The summed E-state index contributed by atoms with van der Waals surface area (Å²) < 4.78 is 49.1. The summed E-state index contributed by atoms with van der Waals surface area (Å²) >= 11 is 16.6. The number of aromatic hydroxyl groups is 2. The maximum Gasteiger partial charge on any atom is 0.509 e. The molecular weight excluding hydrogens is 1740 g/mol.